The Bertz CT molecular complexity index is 837. The number of amides is 2. The molecule has 0 unspecified atom stereocenters. The molecule has 0 aliphatic carbocycles. The van der Waals surface area contributed by atoms with Crippen LogP contribution in [0.3, 0.4) is 0 Å². The summed E-state index contributed by atoms with van der Waals surface area (Å²) in [4.78, 5) is 37.3. The number of carbonyl (C=O) groups excluding carboxylic acids is 2. The lowest BCUT2D eigenvalue weighted by molar-refractivity contribution is -0.160. The Labute approximate surface area is 160 Å². The van der Waals surface area contributed by atoms with Gasteiger partial charge in [0, 0.05) is 10.8 Å². The van der Waals surface area contributed by atoms with E-state index in [0.717, 1.165) is 0 Å². The summed E-state index contributed by atoms with van der Waals surface area (Å²) in [6.07, 6.45) is 2.81. The lowest BCUT2D eigenvalue weighted by Gasteiger charge is -2.43. The van der Waals surface area contributed by atoms with Crippen molar-refractivity contribution in [1.29, 1.82) is 0 Å². The number of carbonyl (C=O) groups is 3. The van der Waals surface area contributed by atoms with Crippen molar-refractivity contribution in [2.75, 3.05) is 7.11 Å². The minimum Gasteiger partial charge on any atom is -0.504 e. The number of aromatic hydroxyl groups is 1. The number of benzene rings is 1. The number of methoxy groups -OCH3 is 1. The first kappa shape index (κ1) is 19.1. The molecule has 2 heterocycles. The van der Waals surface area contributed by atoms with E-state index in [1.807, 2.05) is 0 Å². The van der Waals surface area contributed by atoms with E-state index in [2.05, 4.69) is 5.32 Å². The van der Waals surface area contributed by atoms with Gasteiger partial charge in [-0.05, 0) is 37.6 Å². The third kappa shape index (κ3) is 3.34. The number of β-lactam (4-membered cyclic amide) rings is 1. The highest BCUT2D eigenvalue weighted by molar-refractivity contribution is 8.01. The van der Waals surface area contributed by atoms with Crippen LogP contribution >= 0.6 is 11.8 Å². The standard InChI is InChI=1S/C18H20N2O6S/c1-18(2)14(17(24)25)20-15(23)13(16(20)27-18)19-12(22)7-5-9-4-6-10(21)11(8-9)26-3/h4-8,13-14,16,21H,1-3H3,(H,19,22)(H,24,25)/b7-5+/t13-,14-,16+/m1/s1. The number of ether oxygens (including phenoxy) is 1. The van der Waals surface area contributed by atoms with Gasteiger partial charge in [0.05, 0.1) is 7.11 Å². The van der Waals surface area contributed by atoms with Crippen LogP contribution in [0, 0.1) is 0 Å². The van der Waals surface area contributed by atoms with E-state index < -0.39 is 34.6 Å². The Balaban J connectivity index is 1.66. The van der Waals surface area contributed by atoms with Gasteiger partial charge in [0.25, 0.3) is 0 Å². The number of nitrogens with zero attached hydrogens (tertiary/aromatic N) is 1. The molecule has 2 aliphatic rings. The molecule has 0 bridgehead atoms. The molecule has 8 nitrogen and oxygen atoms in total. The fourth-order valence-corrected chi connectivity index (χ4v) is 4.94. The fourth-order valence-electron chi connectivity index (χ4n) is 3.32. The summed E-state index contributed by atoms with van der Waals surface area (Å²) < 4.78 is 4.37. The molecule has 0 spiro atoms. The van der Waals surface area contributed by atoms with Gasteiger partial charge in [-0.3, -0.25) is 9.59 Å². The van der Waals surface area contributed by atoms with Crippen molar-refractivity contribution >= 4 is 35.6 Å². The molecule has 27 heavy (non-hydrogen) atoms. The molecule has 2 saturated heterocycles. The molecule has 2 fully saturated rings. The monoisotopic (exact) mass is 392 g/mol. The van der Waals surface area contributed by atoms with E-state index in [-0.39, 0.29) is 16.9 Å². The first-order chi connectivity index (χ1) is 12.7. The van der Waals surface area contributed by atoms with Crippen molar-refractivity contribution in [3.8, 4) is 11.5 Å². The van der Waals surface area contributed by atoms with Gasteiger partial charge in [-0.15, -0.1) is 11.8 Å². The van der Waals surface area contributed by atoms with E-state index in [1.54, 1.807) is 26.0 Å². The second kappa shape index (κ2) is 6.80. The van der Waals surface area contributed by atoms with E-state index in [4.69, 9.17) is 4.74 Å². The summed E-state index contributed by atoms with van der Waals surface area (Å²) in [6, 6.07) is 2.98. The molecule has 1 aromatic carbocycles. The van der Waals surface area contributed by atoms with E-state index in [9.17, 15) is 24.6 Å². The maximum atomic E-state index is 12.3. The molecular formula is C18H20N2O6S. The number of carboxylic acid groups (broad SMARTS) is 1. The molecule has 2 aliphatic heterocycles. The van der Waals surface area contributed by atoms with Crippen molar-refractivity contribution in [3.05, 3.63) is 29.8 Å². The summed E-state index contributed by atoms with van der Waals surface area (Å²) in [6.45, 7) is 3.55. The first-order valence-electron chi connectivity index (χ1n) is 8.24. The molecule has 0 aromatic heterocycles. The fraction of sp³-hybridized carbons (Fsp3) is 0.389. The zero-order chi connectivity index (χ0) is 19.9. The van der Waals surface area contributed by atoms with Gasteiger partial charge in [0.2, 0.25) is 11.8 Å². The van der Waals surface area contributed by atoms with Crippen molar-refractivity contribution in [2.24, 2.45) is 0 Å². The normalized spacial score (nSPS) is 25.8. The Hall–Kier alpha value is -2.68. The quantitative estimate of drug-likeness (QED) is 0.506. The van der Waals surface area contributed by atoms with Crippen LogP contribution in [0.5, 0.6) is 11.5 Å². The zero-order valence-corrected chi connectivity index (χ0v) is 15.8. The highest BCUT2D eigenvalue weighted by Gasteiger charge is 2.64. The van der Waals surface area contributed by atoms with Crippen molar-refractivity contribution in [3.63, 3.8) is 0 Å². The number of carboxylic acids is 1. The van der Waals surface area contributed by atoms with Gasteiger partial charge in [0.1, 0.15) is 17.5 Å². The van der Waals surface area contributed by atoms with Gasteiger partial charge in [-0.2, -0.15) is 0 Å². The van der Waals surface area contributed by atoms with Crippen molar-refractivity contribution in [1.82, 2.24) is 10.2 Å². The second-order valence-electron chi connectivity index (χ2n) is 6.85. The molecule has 0 saturated carbocycles. The molecule has 2 amide bonds. The predicted molar refractivity (Wildman–Crippen MR) is 99.4 cm³/mol. The largest absolute Gasteiger partial charge is 0.504 e. The molecular weight excluding hydrogens is 372 g/mol. The maximum absolute atomic E-state index is 12.3. The number of aliphatic carboxylic acids is 1. The van der Waals surface area contributed by atoms with E-state index >= 15 is 0 Å². The average molecular weight is 392 g/mol. The smallest absolute Gasteiger partial charge is 0.327 e. The Morgan fingerprint density at radius 1 is 1.37 bits per heavy atom. The number of rotatable bonds is 5. The number of hydrogen-bond acceptors (Lipinski definition) is 6. The number of phenolic OH excluding ortho intramolecular Hbond substituents is 1. The summed E-state index contributed by atoms with van der Waals surface area (Å²) in [5, 5.41) is 21.2. The third-order valence-corrected chi connectivity index (χ3v) is 6.18. The minimum absolute atomic E-state index is 0.00637. The predicted octanol–water partition coefficient (Wildman–Crippen LogP) is 1.05. The van der Waals surface area contributed by atoms with Crippen LogP contribution in [0.25, 0.3) is 6.08 Å². The van der Waals surface area contributed by atoms with Crippen molar-refractivity contribution in [2.45, 2.75) is 36.1 Å². The van der Waals surface area contributed by atoms with Crippen LogP contribution in [0.4, 0.5) is 0 Å². The van der Waals surface area contributed by atoms with Crippen molar-refractivity contribution < 1.29 is 29.3 Å². The summed E-state index contributed by atoms with van der Waals surface area (Å²) in [7, 11) is 1.42. The highest BCUT2D eigenvalue weighted by atomic mass is 32.2. The zero-order valence-electron chi connectivity index (χ0n) is 15.0. The average Bonchev–Trinajstić information content (AvgIpc) is 2.87. The summed E-state index contributed by atoms with van der Waals surface area (Å²) in [5.74, 6) is -1.62. The summed E-state index contributed by atoms with van der Waals surface area (Å²) in [5.41, 5.74) is 0.642. The number of nitrogens with one attached hydrogen (secondary N) is 1. The SMILES string of the molecule is COc1cc(/C=C/C(=O)N[C@@H]2C(=O)N3[C@H]2SC(C)(C)[C@H]3C(=O)O)ccc1O. The van der Waals surface area contributed by atoms with E-state index in [0.29, 0.717) is 5.56 Å². The minimum atomic E-state index is -1.05. The molecule has 3 rings (SSSR count). The lowest BCUT2D eigenvalue weighted by Crippen LogP contribution is -2.70. The van der Waals surface area contributed by atoms with Gasteiger partial charge < -0.3 is 25.2 Å². The molecule has 0 radical (unpaired) electrons. The van der Waals surface area contributed by atoms with Crippen LogP contribution in [0.2, 0.25) is 0 Å². The van der Waals surface area contributed by atoms with Gasteiger partial charge >= 0.3 is 5.97 Å². The molecule has 1 aromatic rings. The number of fused-ring (bicyclic) bond motifs is 1. The van der Waals surface area contributed by atoms with Gasteiger partial charge in [0.15, 0.2) is 11.5 Å². The van der Waals surface area contributed by atoms with E-state index in [1.165, 1.54) is 42.0 Å². The number of thioether (sulfide) groups is 1. The van der Waals surface area contributed by atoms with Crippen LogP contribution in [-0.4, -0.2) is 62.2 Å². The third-order valence-electron chi connectivity index (χ3n) is 4.60. The van der Waals surface area contributed by atoms with Crippen LogP contribution in [-0.2, 0) is 14.4 Å². The molecule has 3 N–H and O–H groups in total. The topological polar surface area (TPSA) is 116 Å². The summed E-state index contributed by atoms with van der Waals surface area (Å²) >= 11 is 1.37. The van der Waals surface area contributed by atoms with Crippen LogP contribution in [0.15, 0.2) is 24.3 Å². The second-order valence-corrected chi connectivity index (χ2v) is 8.62. The van der Waals surface area contributed by atoms with Gasteiger partial charge in [-0.25, -0.2) is 4.79 Å². The highest BCUT2D eigenvalue weighted by Crippen LogP contribution is 2.50. The molecule has 9 heteroatoms. The molecule has 3 atom stereocenters. The van der Waals surface area contributed by atoms with Gasteiger partial charge in [-0.1, -0.05) is 6.07 Å². The Kier molecular flexibility index (Phi) is 4.81. The Morgan fingerprint density at radius 2 is 2.07 bits per heavy atom. The van der Waals surface area contributed by atoms with Crippen LogP contribution < -0.4 is 10.1 Å². The first-order valence-corrected chi connectivity index (χ1v) is 9.12. The number of hydrogen-bond donors (Lipinski definition) is 3. The lowest BCUT2D eigenvalue weighted by atomic mass is 9.96. The number of phenols is 1. The Morgan fingerprint density at radius 3 is 2.70 bits per heavy atom. The molecule has 144 valence electrons. The maximum Gasteiger partial charge on any atom is 0.327 e. The van der Waals surface area contributed by atoms with Crippen LogP contribution in [0.1, 0.15) is 19.4 Å².